The Bertz CT molecular complexity index is 1010. The number of aromatic nitrogens is 2. The summed E-state index contributed by atoms with van der Waals surface area (Å²) in [5.41, 5.74) is 4.20. The van der Waals surface area contributed by atoms with Gasteiger partial charge in [0.1, 0.15) is 11.4 Å². The number of nitrogens with zero attached hydrogens (tertiary/aromatic N) is 2. The minimum Gasteiger partial charge on any atom is -0.455 e. The molecule has 1 aromatic carbocycles. The first kappa shape index (κ1) is 18.2. The van der Waals surface area contributed by atoms with Crippen LogP contribution >= 0.6 is 0 Å². The highest BCUT2D eigenvalue weighted by atomic mass is 19.4. The van der Waals surface area contributed by atoms with Crippen molar-refractivity contribution >= 4 is 22.8 Å². The summed E-state index contributed by atoms with van der Waals surface area (Å²) in [4.78, 5) is 19.6. The third kappa shape index (κ3) is 3.54. The molecule has 0 aliphatic rings. The molecule has 0 radical (unpaired) electrons. The number of carbonyl (C=O) groups excluding carboxylic acids is 1. The number of rotatable bonds is 3. The molecule has 0 aliphatic carbocycles. The van der Waals surface area contributed by atoms with E-state index < -0.39 is 23.6 Å². The van der Waals surface area contributed by atoms with Crippen LogP contribution in [0.4, 0.5) is 13.2 Å². The number of H-pyrrole nitrogens is 1. The predicted octanol–water partition coefficient (Wildman–Crippen LogP) is 3.34. The Morgan fingerprint density at radius 1 is 1.26 bits per heavy atom. The lowest BCUT2D eigenvalue weighted by Gasteiger charge is -2.12. The van der Waals surface area contributed by atoms with E-state index in [2.05, 4.69) is 9.97 Å². The molecule has 0 atom stereocenters. The molecule has 2 aromatic heterocycles. The van der Waals surface area contributed by atoms with Crippen molar-refractivity contribution in [3.05, 3.63) is 54.0 Å². The lowest BCUT2D eigenvalue weighted by molar-refractivity contribution is -0.136. The summed E-state index contributed by atoms with van der Waals surface area (Å²) in [5.74, 6) is -0.812. The van der Waals surface area contributed by atoms with Crippen LogP contribution < -0.4 is 10.5 Å². The summed E-state index contributed by atoms with van der Waals surface area (Å²) < 4.78 is 45.7. The van der Waals surface area contributed by atoms with Crippen LogP contribution in [0.2, 0.25) is 0 Å². The van der Waals surface area contributed by atoms with E-state index in [4.69, 9.17) is 15.9 Å². The molecule has 7 nitrogen and oxygen atoms in total. The lowest BCUT2D eigenvalue weighted by atomic mass is 10.1. The molecular weight excluding hydrogens is 363 g/mol. The third-order valence-corrected chi connectivity index (χ3v) is 3.83. The van der Waals surface area contributed by atoms with Crippen LogP contribution in [0.1, 0.15) is 16.1 Å². The first-order chi connectivity index (χ1) is 12.7. The van der Waals surface area contributed by atoms with Gasteiger partial charge in [-0.25, -0.2) is 0 Å². The van der Waals surface area contributed by atoms with Gasteiger partial charge in [0.05, 0.1) is 11.1 Å². The smallest absolute Gasteiger partial charge is 0.417 e. The molecule has 2 heterocycles. The van der Waals surface area contributed by atoms with Gasteiger partial charge in [-0.05, 0) is 30.3 Å². The van der Waals surface area contributed by atoms with E-state index in [1.54, 1.807) is 12.1 Å². The zero-order chi connectivity index (χ0) is 19.8. The zero-order valence-corrected chi connectivity index (χ0v) is 14.0. The number of pyridine rings is 1. The minimum absolute atomic E-state index is 0.00180. The number of carbonyl (C=O) groups is 1. The number of hydrogen-bond acceptors (Lipinski definition) is 4. The van der Waals surface area contributed by atoms with Gasteiger partial charge in [0.2, 0.25) is 0 Å². The topological polar surface area (TPSA) is 108 Å². The van der Waals surface area contributed by atoms with E-state index in [-0.39, 0.29) is 22.3 Å². The maximum absolute atomic E-state index is 13.4. The second kappa shape index (κ2) is 6.63. The molecule has 0 unspecified atom stereocenters. The van der Waals surface area contributed by atoms with E-state index in [0.29, 0.717) is 5.75 Å². The van der Waals surface area contributed by atoms with Gasteiger partial charge in [0.25, 0.3) is 5.91 Å². The maximum Gasteiger partial charge on any atom is 0.417 e. The summed E-state index contributed by atoms with van der Waals surface area (Å²) in [5, 5.41) is 7.08. The van der Waals surface area contributed by atoms with Crippen molar-refractivity contribution in [3.63, 3.8) is 0 Å². The second-order valence-electron chi connectivity index (χ2n) is 5.62. The maximum atomic E-state index is 13.4. The van der Waals surface area contributed by atoms with Crippen molar-refractivity contribution in [1.29, 1.82) is 5.41 Å². The first-order valence-electron chi connectivity index (χ1n) is 7.61. The predicted molar refractivity (Wildman–Crippen MR) is 91.6 cm³/mol. The summed E-state index contributed by atoms with van der Waals surface area (Å²) in [6.45, 7) is 0. The SMILES string of the molecule is CN(C(=N)N)C(=O)c1cc2c(C(F)(F)F)ccc(Oc3ccncc3)c2[nH]1. The normalized spacial score (nSPS) is 11.4. The highest BCUT2D eigenvalue weighted by molar-refractivity contribution is 6.06. The molecule has 1 amide bonds. The Morgan fingerprint density at radius 2 is 1.93 bits per heavy atom. The molecule has 10 heteroatoms. The molecular formula is C17H14F3N5O2. The highest BCUT2D eigenvalue weighted by Crippen LogP contribution is 2.39. The van der Waals surface area contributed by atoms with Crippen molar-refractivity contribution in [2.75, 3.05) is 7.05 Å². The average molecular weight is 377 g/mol. The van der Waals surface area contributed by atoms with Gasteiger partial charge in [0.15, 0.2) is 11.7 Å². The quantitative estimate of drug-likeness (QED) is 0.480. The fourth-order valence-corrected chi connectivity index (χ4v) is 2.46. The molecule has 3 aromatic rings. The van der Waals surface area contributed by atoms with Gasteiger partial charge in [-0.3, -0.25) is 20.1 Å². The highest BCUT2D eigenvalue weighted by Gasteiger charge is 2.34. The van der Waals surface area contributed by atoms with Crippen LogP contribution in [0.15, 0.2) is 42.7 Å². The minimum atomic E-state index is -4.62. The van der Waals surface area contributed by atoms with E-state index >= 15 is 0 Å². The number of nitrogens with one attached hydrogen (secondary N) is 2. The van der Waals surface area contributed by atoms with Crippen LogP contribution in [-0.2, 0) is 6.18 Å². The molecule has 3 rings (SSSR count). The van der Waals surface area contributed by atoms with E-state index in [0.717, 1.165) is 17.0 Å². The average Bonchev–Trinajstić information content (AvgIpc) is 3.06. The number of halogens is 3. The van der Waals surface area contributed by atoms with Crippen molar-refractivity contribution in [2.45, 2.75) is 6.18 Å². The standard InChI is InChI=1S/C17H14F3N5O2/c1-25(16(21)22)15(26)12-8-10-11(17(18,19)20)2-3-13(14(10)24-12)27-9-4-6-23-7-5-9/h2-8,24H,1H3,(H3,21,22). The summed E-state index contributed by atoms with van der Waals surface area (Å²) >= 11 is 0. The molecule has 4 N–H and O–H groups in total. The number of nitrogens with two attached hydrogens (primary N) is 1. The molecule has 0 fully saturated rings. The Balaban J connectivity index is 2.15. The third-order valence-electron chi connectivity index (χ3n) is 3.83. The fourth-order valence-electron chi connectivity index (χ4n) is 2.46. The Morgan fingerprint density at radius 3 is 2.52 bits per heavy atom. The van der Waals surface area contributed by atoms with Crippen molar-refractivity contribution < 1.29 is 22.7 Å². The van der Waals surface area contributed by atoms with Gasteiger partial charge < -0.3 is 15.5 Å². The van der Waals surface area contributed by atoms with Crippen LogP contribution in [0.5, 0.6) is 11.5 Å². The summed E-state index contributed by atoms with van der Waals surface area (Å²) in [6, 6.07) is 6.21. The Kier molecular flexibility index (Phi) is 4.48. The van der Waals surface area contributed by atoms with Gasteiger partial charge >= 0.3 is 6.18 Å². The van der Waals surface area contributed by atoms with Gasteiger partial charge in [-0.1, -0.05) is 0 Å². The van der Waals surface area contributed by atoms with Crippen LogP contribution in [0, 0.1) is 5.41 Å². The van der Waals surface area contributed by atoms with Crippen molar-refractivity contribution in [2.24, 2.45) is 5.73 Å². The van der Waals surface area contributed by atoms with Crippen LogP contribution in [0.25, 0.3) is 10.9 Å². The number of hydrogen-bond donors (Lipinski definition) is 3. The second-order valence-corrected chi connectivity index (χ2v) is 5.62. The Labute approximate surface area is 151 Å². The largest absolute Gasteiger partial charge is 0.455 e. The van der Waals surface area contributed by atoms with E-state index in [9.17, 15) is 18.0 Å². The molecule has 0 saturated heterocycles. The molecule has 0 saturated carbocycles. The molecule has 140 valence electrons. The number of benzene rings is 1. The van der Waals surface area contributed by atoms with Gasteiger partial charge in [0, 0.05) is 24.8 Å². The number of fused-ring (bicyclic) bond motifs is 1. The number of guanidine groups is 1. The van der Waals surface area contributed by atoms with Crippen molar-refractivity contribution in [1.82, 2.24) is 14.9 Å². The molecule has 27 heavy (non-hydrogen) atoms. The van der Waals surface area contributed by atoms with Crippen LogP contribution in [0.3, 0.4) is 0 Å². The van der Waals surface area contributed by atoms with E-state index in [1.807, 2.05) is 0 Å². The fraction of sp³-hybridized carbons (Fsp3) is 0.118. The summed E-state index contributed by atoms with van der Waals surface area (Å²) in [6.07, 6.45) is -1.67. The summed E-state index contributed by atoms with van der Waals surface area (Å²) in [7, 11) is 1.25. The van der Waals surface area contributed by atoms with E-state index in [1.165, 1.54) is 25.5 Å². The molecule has 0 aliphatic heterocycles. The van der Waals surface area contributed by atoms with Crippen LogP contribution in [-0.4, -0.2) is 33.8 Å². The Hall–Kier alpha value is -3.56. The van der Waals surface area contributed by atoms with Gasteiger partial charge in [-0.2, -0.15) is 13.2 Å². The zero-order valence-electron chi connectivity index (χ0n) is 14.0. The molecule has 0 spiro atoms. The van der Waals surface area contributed by atoms with Gasteiger partial charge in [-0.15, -0.1) is 0 Å². The first-order valence-corrected chi connectivity index (χ1v) is 7.61. The monoisotopic (exact) mass is 377 g/mol. The number of aromatic amines is 1. The number of amides is 1. The number of alkyl halides is 3. The van der Waals surface area contributed by atoms with Crippen molar-refractivity contribution in [3.8, 4) is 11.5 Å². The lowest BCUT2D eigenvalue weighted by Crippen LogP contribution is -2.38. The number of ether oxygens (including phenoxy) is 1. The molecule has 0 bridgehead atoms.